The van der Waals surface area contributed by atoms with Gasteiger partial charge in [0.15, 0.2) is 0 Å². The van der Waals surface area contributed by atoms with Crippen LogP contribution in [0.3, 0.4) is 0 Å². The summed E-state index contributed by atoms with van der Waals surface area (Å²) < 4.78 is 5.36. The van der Waals surface area contributed by atoms with Crippen LogP contribution >= 0.6 is 0 Å². The van der Waals surface area contributed by atoms with Crippen LogP contribution in [0.5, 0.6) is 0 Å². The molecule has 0 aromatic heterocycles. The molecule has 0 N–H and O–H groups in total. The van der Waals surface area contributed by atoms with Crippen LogP contribution < -0.4 is 4.90 Å². The molecule has 8 nitrogen and oxygen atoms in total. The molecular weight excluding hydrogens is 362 g/mol. The molecule has 2 fully saturated rings. The van der Waals surface area contributed by atoms with Crippen molar-refractivity contribution in [1.82, 2.24) is 9.80 Å². The highest BCUT2D eigenvalue weighted by molar-refractivity contribution is 6.19. The van der Waals surface area contributed by atoms with E-state index < -0.39 is 5.60 Å². The van der Waals surface area contributed by atoms with E-state index in [-0.39, 0.29) is 36.7 Å². The number of rotatable bonds is 2. The summed E-state index contributed by atoms with van der Waals surface area (Å²) in [5, 5.41) is 0. The first kappa shape index (κ1) is 19.9. The Labute approximate surface area is 164 Å². The Morgan fingerprint density at radius 2 is 1.36 bits per heavy atom. The number of anilines is 1. The molecule has 0 radical (unpaired) electrons. The Morgan fingerprint density at radius 3 is 1.86 bits per heavy atom. The zero-order valence-corrected chi connectivity index (χ0v) is 16.4. The summed E-state index contributed by atoms with van der Waals surface area (Å²) in [7, 11) is 0. The van der Waals surface area contributed by atoms with Crippen molar-refractivity contribution in [1.29, 1.82) is 0 Å². The number of piperazine rings is 1. The Balaban J connectivity index is 1.59. The van der Waals surface area contributed by atoms with Crippen molar-refractivity contribution in [2.45, 2.75) is 39.2 Å². The molecule has 1 aromatic carbocycles. The molecule has 2 heterocycles. The maximum Gasteiger partial charge on any atom is 0.410 e. The Hall–Kier alpha value is -2.90. The zero-order chi connectivity index (χ0) is 20.5. The number of nitrogens with zero attached hydrogens (tertiary/aromatic N) is 3. The average molecular weight is 387 g/mol. The number of hydrogen-bond donors (Lipinski definition) is 0. The molecule has 0 spiro atoms. The molecule has 3 rings (SSSR count). The molecule has 0 atom stereocenters. The highest BCUT2D eigenvalue weighted by Gasteiger charge is 2.31. The highest BCUT2D eigenvalue weighted by Crippen LogP contribution is 2.23. The molecule has 2 aliphatic heterocycles. The van der Waals surface area contributed by atoms with E-state index in [1.165, 1.54) is 0 Å². The van der Waals surface area contributed by atoms with E-state index in [2.05, 4.69) is 0 Å². The van der Waals surface area contributed by atoms with E-state index in [9.17, 15) is 19.2 Å². The second-order valence-electron chi connectivity index (χ2n) is 7.93. The fourth-order valence-electron chi connectivity index (χ4n) is 3.22. The fraction of sp³-hybridized carbons (Fsp3) is 0.500. The molecule has 8 heteroatoms. The summed E-state index contributed by atoms with van der Waals surface area (Å²) in [6.45, 7) is 7.11. The topological polar surface area (TPSA) is 87.2 Å². The van der Waals surface area contributed by atoms with Gasteiger partial charge in [0, 0.05) is 44.6 Å². The van der Waals surface area contributed by atoms with Crippen molar-refractivity contribution in [2.24, 2.45) is 0 Å². The Morgan fingerprint density at radius 1 is 0.857 bits per heavy atom. The Kier molecular flexibility index (Phi) is 5.40. The standard InChI is InChI=1S/C20H25N3O5/c1-20(2,3)28-19(27)22-12-10-21(11-13-22)18(26)14-4-6-15(7-5-14)23-16(24)8-9-17(23)25/h4-7H,8-13H2,1-3H3. The summed E-state index contributed by atoms with van der Waals surface area (Å²) in [4.78, 5) is 52.9. The van der Waals surface area contributed by atoms with Crippen LogP contribution in [0.4, 0.5) is 10.5 Å². The van der Waals surface area contributed by atoms with Gasteiger partial charge in [-0.15, -0.1) is 0 Å². The number of carbonyl (C=O) groups is 4. The van der Waals surface area contributed by atoms with Gasteiger partial charge in [-0.05, 0) is 45.0 Å². The largest absolute Gasteiger partial charge is 0.444 e. The summed E-state index contributed by atoms with van der Waals surface area (Å²) in [5.41, 5.74) is 0.413. The van der Waals surface area contributed by atoms with Gasteiger partial charge >= 0.3 is 6.09 Å². The summed E-state index contributed by atoms with van der Waals surface area (Å²) in [6.07, 6.45) is 0.0759. The van der Waals surface area contributed by atoms with Crippen molar-refractivity contribution in [2.75, 3.05) is 31.1 Å². The predicted molar refractivity (Wildman–Crippen MR) is 102 cm³/mol. The number of benzene rings is 1. The highest BCUT2D eigenvalue weighted by atomic mass is 16.6. The van der Waals surface area contributed by atoms with Gasteiger partial charge in [0.25, 0.3) is 5.91 Å². The van der Waals surface area contributed by atoms with Crippen molar-refractivity contribution in [3.05, 3.63) is 29.8 Å². The maximum absolute atomic E-state index is 12.7. The van der Waals surface area contributed by atoms with Crippen LogP contribution in [0, 0.1) is 0 Å². The second kappa shape index (κ2) is 7.61. The lowest BCUT2D eigenvalue weighted by molar-refractivity contribution is -0.121. The zero-order valence-electron chi connectivity index (χ0n) is 16.4. The van der Waals surface area contributed by atoms with Crippen LogP contribution in [0.1, 0.15) is 44.0 Å². The predicted octanol–water partition coefficient (Wildman–Crippen LogP) is 2.03. The van der Waals surface area contributed by atoms with E-state index in [0.29, 0.717) is 37.4 Å². The first-order valence-corrected chi connectivity index (χ1v) is 9.39. The van der Waals surface area contributed by atoms with E-state index in [4.69, 9.17) is 4.74 Å². The normalized spacial score (nSPS) is 17.9. The minimum Gasteiger partial charge on any atom is -0.444 e. The van der Waals surface area contributed by atoms with Gasteiger partial charge < -0.3 is 14.5 Å². The molecule has 0 unspecified atom stereocenters. The number of amides is 4. The van der Waals surface area contributed by atoms with Crippen LogP contribution in [-0.2, 0) is 14.3 Å². The minimum absolute atomic E-state index is 0.144. The van der Waals surface area contributed by atoms with Crippen molar-refractivity contribution in [3.63, 3.8) is 0 Å². The molecule has 28 heavy (non-hydrogen) atoms. The minimum atomic E-state index is -0.552. The number of imide groups is 1. The molecule has 0 bridgehead atoms. The molecule has 150 valence electrons. The Bertz CT molecular complexity index is 773. The van der Waals surface area contributed by atoms with Gasteiger partial charge in [-0.2, -0.15) is 0 Å². The molecule has 0 aliphatic carbocycles. The van der Waals surface area contributed by atoms with Gasteiger partial charge in [0.1, 0.15) is 5.60 Å². The first-order valence-electron chi connectivity index (χ1n) is 9.39. The third-order valence-corrected chi connectivity index (χ3v) is 4.64. The van der Waals surface area contributed by atoms with Crippen molar-refractivity contribution >= 4 is 29.5 Å². The van der Waals surface area contributed by atoms with Gasteiger partial charge in [-0.25, -0.2) is 4.79 Å². The lowest BCUT2D eigenvalue weighted by Gasteiger charge is -2.35. The molecular formula is C20H25N3O5. The number of carbonyl (C=O) groups excluding carboxylic acids is 4. The van der Waals surface area contributed by atoms with Gasteiger partial charge in [-0.3, -0.25) is 19.3 Å². The summed E-state index contributed by atoms with van der Waals surface area (Å²) >= 11 is 0. The number of ether oxygens (including phenoxy) is 1. The molecule has 2 saturated heterocycles. The van der Waals surface area contributed by atoms with Gasteiger partial charge in [0.2, 0.25) is 11.8 Å². The molecule has 2 aliphatic rings. The lowest BCUT2D eigenvalue weighted by atomic mass is 10.1. The quantitative estimate of drug-likeness (QED) is 0.725. The summed E-state index contributed by atoms with van der Waals surface area (Å²) in [5.74, 6) is -0.584. The fourth-order valence-corrected chi connectivity index (χ4v) is 3.22. The monoisotopic (exact) mass is 387 g/mol. The second-order valence-corrected chi connectivity index (χ2v) is 7.93. The van der Waals surface area contributed by atoms with Gasteiger partial charge in [-0.1, -0.05) is 0 Å². The third kappa shape index (κ3) is 4.32. The smallest absolute Gasteiger partial charge is 0.410 e. The van der Waals surface area contributed by atoms with E-state index in [1.807, 2.05) is 20.8 Å². The van der Waals surface area contributed by atoms with Crippen LogP contribution in [0.15, 0.2) is 24.3 Å². The van der Waals surface area contributed by atoms with Crippen LogP contribution in [0.25, 0.3) is 0 Å². The summed E-state index contributed by atoms with van der Waals surface area (Å²) in [6, 6.07) is 6.48. The van der Waals surface area contributed by atoms with Crippen molar-refractivity contribution in [3.8, 4) is 0 Å². The van der Waals surface area contributed by atoms with Crippen LogP contribution in [-0.4, -0.2) is 65.4 Å². The lowest BCUT2D eigenvalue weighted by Crippen LogP contribution is -2.51. The molecule has 0 saturated carbocycles. The molecule has 4 amide bonds. The van der Waals surface area contributed by atoms with E-state index in [1.54, 1.807) is 34.1 Å². The SMILES string of the molecule is CC(C)(C)OC(=O)N1CCN(C(=O)c2ccc(N3C(=O)CCC3=O)cc2)CC1. The first-order chi connectivity index (χ1) is 13.2. The van der Waals surface area contributed by atoms with Gasteiger partial charge in [0.05, 0.1) is 5.69 Å². The van der Waals surface area contributed by atoms with Crippen molar-refractivity contribution < 1.29 is 23.9 Å². The third-order valence-electron chi connectivity index (χ3n) is 4.64. The number of hydrogen-bond acceptors (Lipinski definition) is 5. The van der Waals surface area contributed by atoms with E-state index >= 15 is 0 Å². The van der Waals surface area contributed by atoms with E-state index in [0.717, 1.165) is 4.90 Å². The molecule has 1 aromatic rings. The van der Waals surface area contributed by atoms with Crippen LogP contribution in [0.2, 0.25) is 0 Å². The average Bonchev–Trinajstić information content (AvgIpc) is 2.98. The maximum atomic E-state index is 12.7.